The quantitative estimate of drug-likeness (QED) is 0.847. The van der Waals surface area contributed by atoms with Crippen LogP contribution in [0.5, 0.6) is 0 Å². The molecule has 0 fully saturated rings. The number of hydrogen-bond acceptors (Lipinski definition) is 4. The lowest BCUT2D eigenvalue weighted by Gasteiger charge is -2.24. The summed E-state index contributed by atoms with van der Waals surface area (Å²) in [6, 6.07) is 5.29. The van der Waals surface area contributed by atoms with Crippen molar-refractivity contribution in [1.82, 2.24) is 14.7 Å². The Labute approximate surface area is 120 Å². The summed E-state index contributed by atoms with van der Waals surface area (Å²) in [4.78, 5) is 5.33. The van der Waals surface area contributed by atoms with Crippen LogP contribution in [-0.4, -0.2) is 47.4 Å². The molecule has 2 heterocycles. The van der Waals surface area contributed by atoms with Crippen molar-refractivity contribution >= 4 is 11.5 Å². The topological polar surface area (TPSA) is 52.8 Å². The second-order valence-electron chi connectivity index (χ2n) is 4.60. The van der Waals surface area contributed by atoms with Crippen molar-refractivity contribution in [2.75, 3.05) is 31.6 Å². The summed E-state index contributed by atoms with van der Waals surface area (Å²) in [6.45, 7) is -1.27. The number of fused-ring (bicyclic) bond motifs is 1. The van der Waals surface area contributed by atoms with Crippen molar-refractivity contribution < 1.29 is 18.3 Å². The molecule has 2 N–H and O–H groups in total. The number of nitrogens with zero attached hydrogens (tertiary/aromatic N) is 3. The summed E-state index contributed by atoms with van der Waals surface area (Å²) >= 11 is 0. The van der Waals surface area contributed by atoms with Gasteiger partial charge in [0.25, 0.3) is 0 Å². The first-order valence-corrected chi connectivity index (χ1v) is 6.49. The lowest BCUT2D eigenvalue weighted by Crippen LogP contribution is -2.37. The van der Waals surface area contributed by atoms with Gasteiger partial charge in [0.05, 0.1) is 12.3 Å². The van der Waals surface area contributed by atoms with Gasteiger partial charge in [-0.3, -0.25) is 0 Å². The van der Waals surface area contributed by atoms with Gasteiger partial charge in [-0.15, -0.1) is 0 Å². The van der Waals surface area contributed by atoms with Crippen molar-refractivity contribution in [3.63, 3.8) is 0 Å². The highest BCUT2D eigenvalue weighted by atomic mass is 19.4. The molecule has 5 nitrogen and oxygen atoms in total. The lowest BCUT2D eigenvalue weighted by molar-refractivity contribution is -0.120. The van der Waals surface area contributed by atoms with E-state index < -0.39 is 12.7 Å². The number of aliphatic hydroxyl groups is 1. The predicted molar refractivity (Wildman–Crippen MR) is 73.3 cm³/mol. The van der Waals surface area contributed by atoms with Gasteiger partial charge in [-0.1, -0.05) is 6.07 Å². The number of imidazole rings is 1. The summed E-state index contributed by atoms with van der Waals surface area (Å²) in [6.07, 6.45) is -2.61. The monoisotopic (exact) mass is 302 g/mol. The standard InChI is InChI=1S/C13H17F3N4O/c1-17-8-10-12(18-11-4-2-3-5-20(10)11)19(6-7-21)9-13(14,15)16/h2-5,17,21H,6-9H2,1H3. The molecule has 2 aromatic heterocycles. The number of nitrogens with one attached hydrogen (secondary N) is 1. The summed E-state index contributed by atoms with van der Waals surface area (Å²) in [5.41, 5.74) is 1.20. The third kappa shape index (κ3) is 3.64. The Balaban J connectivity index is 2.47. The van der Waals surface area contributed by atoms with Crippen LogP contribution in [0.15, 0.2) is 24.4 Å². The number of pyridine rings is 1. The van der Waals surface area contributed by atoms with Gasteiger partial charge in [0.1, 0.15) is 12.2 Å². The SMILES string of the molecule is CNCc1c(N(CCO)CC(F)(F)F)nc2ccccn12. The maximum Gasteiger partial charge on any atom is 0.405 e. The first-order chi connectivity index (χ1) is 9.96. The first-order valence-electron chi connectivity index (χ1n) is 6.49. The molecule has 0 bridgehead atoms. The van der Waals surface area contributed by atoms with Crippen molar-refractivity contribution in [2.24, 2.45) is 0 Å². The van der Waals surface area contributed by atoms with Gasteiger partial charge >= 0.3 is 6.18 Å². The van der Waals surface area contributed by atoms with Crippen LogP contribution in [0.4, 0.5) is 19.0 Å². The molecule has 0 unspecified atom stereocenters. The zero-order valence-corrected chi connectivity index (χ0v) is 11.6. The molecule has 0 aliphatic heterocycles. The maximum absolute atomic E-state index is 12.7. The van der Waals surface area contributed by atoms with E-state index >= 15 is 0 Å². The Bertz CT molecular complexity index is 597. The number of rotatable bonds is 6. The highest BCUT2D eigenvalue weighted by molar-refractivity contribution is 5.56. The molecule has 0 saturated heterocycles. The van der Waals surface area contributed by atoms with Crippen molar-refractivity contribution in [2.45, 2.75) is 12.7 Å². The molecule has 0 spiro atoms. The largest absolute Gasteiger partial charge is 0.405 e. The van der Waals surface area contributed by atoms with Crippen LogP contribution in [0, 0.1) is 0 Å². The Morgan fingerprint density at radius 2 is 2.14 bits per heavy atom. The smallest absolute Gasteiger partial charge is 0.395 e. The van der Waals surface area contributed by atoms with Gasteiger partial charge in [-0.25, -0.2) is 4.98 Å². The minimum Gasteiger partial charge on any atom is -0.395 e. The Morgan fingerprint density at radius 1 is 1.38 bits per heavy atom. The summed E-state index contributed by atoms with van der Waals surface area (Å²) in [5, 5.41) is 12.0. The lowest BCUT2D eigenvalue weighted by atomic mass is 10.3. The zero-order valence-electron chi connectivity index (χ0n) is 11.6. The highest BCUT2D eigenvalue weighted by Crippen LogP contribution is 2.25. The zero-order chi connectivity index (χ0) is 15.5. The molecule has 0 radical (unpaired) electrons. The van der Waals surface area contributed by atoms with Crippen molar-refractivity contribution in [3.8, 4) is 0 Å². The van der Waals surface area contributed by atoms with Gasteiger partial charge < -0.3 is 19.7 Å². The minimum absolute atomic E-state index is 0.125. The molecule has 8 heteroatoms. The summed E-state index contributed by atoms with van der Waals surface area (Å²) < 4.78 is 39.9. The number of halogens is 3. The molecule has 21 heavy (non-hydrogen) atoms. The fraction of sp³-hybridized carbons (Fsp3) is 0.462. The molecule has 0 aliphatic carbocycles. The van der Waals surface area contributed by atoms with Crippen LogP contribution in [0.1, 0.15) is 5.69 Å². The number of anilines is 1. The van der Waals surface area contributed by atoms with Crippen LogP contribution in [-0.2, 0) is 6.54 Å². The molecule has 0 aromatic carbocycles. The molecule has 2 rings (SSSR count). The Morgan fingerprint density at radius 3 is 2.76 bits per heavy atom. The van der Waals surface area contributed by atoms with Crippen molar-refractivity contribution in [1.29, 1.82) is 0 Å². The van der Waals surface area contributed by atoms with Crippen LogP contribution < -0.4 is 10.2 Å². The fourth-order valence-corrected chi connectivity index (χ4v) is 2.22. The molecule has 0 aliphatic rings. The van der Waals surface area contributed by atoms with Crippen molar-refractivity contribution in [3.05, 3.63) is 30.1 Å². The molecule has 0 atom stereocenters. The van der Waals surface area contributed by atoms with Gasteiger partial charge in [0.15, 0.2) is 5.82 Å². The van der Waals surface area contributed by atoms with E-state index in [1.54, 1.807) is 35.8 Å². The van der Waals surface area contributed by atoms with E-state index in [0.29, 0.717) is 17.9 Å². The van der Waals surface area contributed by atoms with Crippen LogP contribution >= 0.6 is 0 Å². The minimum atomic E-state index is -4.36. The predicted octanol–water partition coefficient (Wildman–Crippen LogP) is 1.41. The Kier molecular flexibility index (Phi) is 4.69. The molecular weight excluding hydrogens is 285 g/mol. The van der Waals surface area contributed by atoms with E-state index in [-0.39, 0.29) is 19.0 Å². The molecule has 116 valence electrons. The molecule has 0 saturated carbocycles. The Hall–Kier alpha value is -1.80. The van der Waals surface area contributed by atoms with E-state index in [0.717, 1.165) is 4.90 Å². The van der Waals surface area contributed by atoms with Gasteiger partial charge in [-0.05, 0) is 19.2 Å². The van der Waals surface area contributed by atoms with Gasteiger partial charge in [0, 0.05) is 19.3 Å². The third-order valence-electron chi connectivity index (χ3n) is 2.99. The summed E-state index contributed by atoms with van der Waals surface area (Å²) in [5.74, 6) is 0.238. The van der Waals surface area contributed by atoms with Gasteiger partial charge in [-0.2, -0.15) is 13.2 Å². The molecular formula is C13H17F3N4O. The number of alkyl halides is 3. The number of aliphatic hydroxyl groups excluding tert-OH is 1. The van der Waals surface area contributed by atoms with E-state index in [2.05, 4.69) is 10.3 Å². The maximum atomic E-state index is 12.7. The fourth-order valence-electron chi connectivity index (χ4n) is 2.22. The normalized spacial score (nSPS) is 12.0. The highest BCUT2D eigenvalue weighted by Gasteiger charge is 2.32. The second-order valence-corrected chi connectivity index (χ2v) is 4.60. The number of aromatic nitrogens is 2. The summed E-state index contributed by atoms with van der Waals surface area (Å²) in [7, 11) is 1.71. The van der Waals surface area contributed by atoms with Gasteiger partial charge in [0.2, 0.25) is 0 Å². The number of hydrogen-bond donors (Lipinski definition) is 2. The van der Waals surface area contributed by atoms with Crippen LogP contribution in [0.25, 0.3) is 5.65 Å². The van der Waals surface area contributed by atoms with E-state index in [4.69, 9.17) is 5.11 Å². The van der Waals surface area contributed by atoms with E-state index in [1.165, 1.54) is 0 Å². The second kappa shape index (κ2) is 6.31. The van der Waals surface area contributed by atoms with Crippen LogP contribution in [0.2, 0.25) is 0 Å². The van der Waals surface area contributed by atoms with E-state index in [9.17, 15) is 13.2 Å². The van der Waals surface area contributed by atoms with Crippen LogP contribution in [0.3, 0.4) is 0 Å². The average Bonchev–Trinajstić information content (AvgIpc) is 2.77. The average molecular weight is 302 g/mol. The molecule has 0 amide bonds. The molecule has 2 aromatic rings. The third-order valence-corrected chi connectivity index (χ3v) is 2.99. The first kappa shape index (κ1) is 15.6. The van der Waals surface area contributed by atoms with E-state index in [1.807, 2.05) is 0 Å².